The van der Waals surface area contributed by atoms with Gasteiger partial charge in [-0.15, -0.1) is 0 Å². The summed E-state index contributed by atoms with van der Waals surface area (Å²) >= 11 is 0. The average molecular weight is 385 g/mol. The van der Waals surface area contributed by atoms with Crippen LogP contribution in [0.5, 0.6) is 0 Å². The molecule has 3 saturated heterocycles. The molecule has 4 heterocycles. The van der Waals surface area contributed by atoms with E-state index in [0.29, 0.717) is 24.5 Å². The maximum atomic E-state index is 13.3. The van der Waals surface area contributed by atoms with Gasteiger partial charge in [-0.05, 0) is 37.3 Å². The first-order valence-corrected chi connectivity index (χ1v) is 9.32. The highest BCUT2D eigenvalue weighted by Crippen LogP contribution is 2.55. The van der Waals surface area contributed by atoms with E-state index >= 15 is 0 Å². The van der Waals surface area contributed by atoms with Crippen LogP contribution in [0.3, 0.4) is 0 Å². The van der Waals surface area contributed by atoms with Crippen molar-refractivity contribution in [1.82, 2.24) is 0 Å². The number of imide groups is 1. The van der Waals surface area contributed by atoms with Crippen LogP contribution in [0, 0.1) is 11.8 Å². The quantitative estimate of drug-likeness (QED) is 0.435. The molecule has 4 atom stereocenters. The number of hydrogen-bond acceptors (Lipinski definition) is 7. The fourth-order valence-electron chi connectivity index (χ4n) is 4.54. The molecule has 0 radical (unpaired) electrons. The Morgan fingerprint density at radius 1 is 1.18 bits per heavy atom. The van der Waals surface area contributed by atoms with Gasteiger partial charge in [-0.3, -0.25) is 9.59 Å². The molecule has 1 aromatic rings. The summed E-state index contributed by atoms with van der Waals surface area (Å²) in [5.41, 5.74) is -0.294. The summed E-state index contributed by atoms with van der Waals surface area (Å²) in [5.74, 6) is -2.40. The first kappa shape index (κ1) is 17.5. The third kappa shape index (κ3) is 2.25. The van der Waals surface area contributed by atoms with E-state index in [2.05, 4.69) is 0 Å². The number of hydrogen-bond donors (Lipinski definition) is 0. The van der Waals surface area contributed by atoms with Gasteiger partial charge in [-0.25, -0.2) is 9.69 Å². The lowest BCUT2D eigenvalue weighted by molar-refractivity contribution is -0.180. The summed E-state index contributed by atoms with van der Waals surface area (Å²) in [5, 5.41) is 0. The van der Waals surface area contributed by atoms with Crippen LogP contribution in [0.25, 0.3) is 0 Å². The number of fused-ring (bicyclic) bond motifs is 5. The van der Waals surface area contributed by atoms with Crippen LogP contribution < -0.4 is 4.90 Å². The van der Waals surface area contributed by atoms with Crippen LogP contribution in [0.1, 0.15) is 17.3 Å². The molecular formula is C20H19NO7. The van der Waals surface area contributed by atoms with Crippen molar-refractivity contribution >= 4 is 23.5 Å². The van der Waals surface area contributed by atoms with E-state index in [1.54, 1.807) is 37.3 Å². The standard InChI is InChI=1S/C20H19NO7/c1-2-25-18(24)11-3-5-12(6-4-11)21-16(22)14-13-7-8-20(28-13,15(14)17(21)23)19-26-9-10-27-19/h3-8,13-15,19H,2,9-10H2,1H3/t13-,14+,15+,20-/m1/s1. The lowest BCUT2D eigenvalue weighted by atomic mass is 9.76. The van der Waals surface area contributed by atoms with E-state index in [4.69, 9.17) is 18.9 Å². The van der Waals surface area contributed by atoms with Crippen molar-refractivity contribution in [3.8, 4) is 0 Å². The van der Waals surface area contributed by atoms with Crippen molar-refractivity contribution in [2.24, 2.45) is 11.8 Å². The highest BCUT2D eigenvalue weighted by Gasteiger charge is 2.71. The molecule has 5 rings (SSSR count). The number of nitrogens with zero attached hydrogens (tertiary/aromatic N) is 1. The predicted octanol–water partition coefficient (Wildman–Crippen LogP) is 1.05. The summed E-state index contributed by atoms with van der Waals surface area (Å²) in [7, 11) is 0. The van der Waals surface area contributed by atoms with E-state index in [1.807, 2.05) is 6.08 Å². The largest absolute Gasteiger partial charge is 0.462 e. The van der Waals surface area contributed by atoms with Crippen LogP contribution in [0.4, 0.5) is 5.69 Å². The van der Waals surface area contributed by atoms with Crippen molar-refractivity contribution in [2.45, 2.75) is 24.9 Å². The molecule has 0 aromatic heterocycles. The summed E-state index contributed by atoms with van der Waals surface area (Å²) in [6.45, 7) is 2.85. The van der Waals surface area contributed by atoms with Gasteiger partial charge in [0.2, 0.25) is 11.8 Å². The highest BCUT2D eigenvalue weighted by atomic mass is 16.7. The molecule has 1 aromatic carbocycles. The number of carbonyl (C=O) groups excluding carboxylic acids is 3. The molecule has 0 N–H and O–H groups in total. The third-order valence-electron chi connectivity index (χ3n) is 5.70. The van der Waals surface area contributed by atoms with Crippen molar-refractivity contribution in [3.05, 3.63) is 42.0 Å². The van der Waals surface area contributed by atoms with Crippen molar-refractivity contribution in [1.29, 1.82) is 0 Å². The summed E-state index contributed by atoms with van der Waals surface area (Å²) in [4.78, 5) is 39.3. The molecule has 8 heteroatoms. The number of ether oxygens (including phenoxy) is 4. The molecular weight excluding hydrogens is 366 g/mol. The number of anilines is 1. The fourth-order valence-corrected chi connectivity index (χ4v) is 4.54. The lowest BCUT2D eigenvalue weighted by Gasteiger charge is -2.32. The average Bonchev–Trinajstić information content (AvgIpc) is 3.46. The Morgan fingerprint density at radius 2 is 1.89 bits per heavy atom. The molecule has 2 bridgehead atoms. The Hall–Kier alpha value is -2.55. The minimum atomic E-state index is -1.07. The summed E-state index contributed by atoms with van der Waals surface area (Å²) < 4.78 is 22.2. The zero-order valence-electron chi connectivity index (χ0n) is 15.2. The topological polar surface area (TPSA) is 91.4 Å². The number of amides is 2. The van der Waals surface area contributed by atoms with E-state index in [1.165, 1.54) is 4.90 Å². The Labute approximate surface area is 161 Å². The summed E-state index contributed by atoms with van der Waals surface area (Å²) in [6, 6.07) is 6.25. The molecule has 0 saturated carbocycles. The normalized spacial score (nSPS) is 33.8. The van der Waals surface area contributed by atoms with Crippen LogP contribution in [0.2, 0.25) is 0 Å². The van der Waals surface area contributed by atoms with Gasteiger partial charge in [0.15, 0.2) is 11.9 Å². The number of rotatable bonds is 4. The molecule has 0 spiro atoms. The second-order valence-corrected chi connectivity index (χ2v) is 7.15. The molecule has 8 nitrogen and oxygen atoms in total. The molecule has 146 valence electrons. The molecule has 0 unspecified atom stereocenters. The number of esters is 1. The number of carbonyl (C=O) groups is 3. The molecule has 28 heavy (non-hydrogen) atoms. The second-order valence-electron chi connectivity index (χ2n) is 7.15. The van der Waals surface area contributed by atoms with E-state index in [-0.39, 0.29) is 18.4 Å². The highest BCUT2D eigenvalue weighted by molar-refractivity contribution is 6.23. The van der Waals surface area contributed by atoms with Crippen molar-refractivity contribution in [2.75, 3.05) is 24.7 Å². The van der Waals surface area contributed by atoms with Gasteiger partial charge in [-0.2, -0.15) is 0 Å². The molecule has 4 aliphatic rings. The first-order chi connectivity index (χ1) is 13.6. The minimum Gasteiger partial charge on any atom is -0.462 e. The maximum absolute atomic E-state index is 13.3. The Morgan fingerprint density at radius 3 is 2.57 bits per heavy atom. The molecule has 3 fully saturated rings. The molecule has 4 aliphatic heterocycles. The molecule has 2 amide bonds. The summed E-state index contributed by atoms with van der Waals surface area (Å²) in [6.07, 6.45) is 2.43. The van der Waals surface area contributed by atoms with Crippen LogP contribution in [0.15, 0.2) is 36.4 Å². The zero-order valence-corrected chi connectivity index (χ0v) is 15.2. The Kier molecular flexibility index (Phi) is 3.90. The SMILES string of the molecule is CCOC(=O)c1ccc(N2C(=O)[C@@H]3[C@@H](C2=O)[C@@]2(C4OCCO4)C=C[C@H]3O2)cc1. The molecule has 0 aliphatic carbocycles. The van der Waals surface area contributed by atoms with E-state index in [9.17, 15) is 14.4 Å². The Bertz CT molecular complexity index is 873. The van der Waals surface area contributed by atoms with Gasteiger partial charge in [-0.1, -0.05) is 6.08 Å². The second kappa shape index (κ2) is 6.23. The number of benzene rings is 1. The van der Waals surface area contributed by atoms with Crippen LogP contribution in [-0.2, 0) is 28.5 Å². The van der Waals surface area contributed by atoms with Crippen molar-refractivity contribution < 1.29 is 33.3 Å². The van der Waals surface area contributed by atoms with Gasteiger partial charge in [0, 0.05) is 0 Å². The van der Waals surface area contributed by atoms with Gasteiger partial charge in [0.1, 0.15) is 0 Å². The predicted molar refractivity (Wildman–Crippen MR) is 94.3 cm³/mol. The smallest absolute Gasteiger partial charge is 0.338 e. The zero-order chi connectivity index (χ0) is 19.5. The van der Waals surface area contributed by atoms with Crippen LogP contribution in [-0.4, -0.2) is 55.6 Å². The van der Waals surface area contributed by atoms with Crippen LogP contribution >= 0.6 is 0 Å². The van der Waals surface area contributed by atoms with Gasteiger partial charge in [0.05, 0.1) is 49.0 Å². The third-order valence-corrected chi connectivity index (χ3v) is 5.70. The fraction of sp³-hybridized carbons (Fsp3) is 0.450. The van der Waals surface area contributed by atoms with Gasteiger partial charge < -0.3 is 18.9 Å². The lowest BCUT2D eigenvalue weighted by Crippen LogP contribution is -2.49. The Balaban J connectivity index is 1.45. The minimum absolute atomic E-state index is 0.273. The first-order valence-electron chi connectivity index (χ1n) is 9.32. The van der Waals surface area contributed by atoms with Gasteiger partial charge in [0.25, 0.3) is 0 Å². The van der Waals surface area contributed by atoms with E-state index in [0.717, 1.165) is 0 Å². The monoisotopic (exact) mass is 385 g/mol. The van der Waals surface area contributed by atoms with Gasteiger partial charge >= 0.3 is 5.97 Å². The van der Waals surface area contributed by atoms with E-state index < -0.39 is 35.8 Å². The maximum Gasteiger partial charge on any atom is 0.338 e. The van der Waals surface area contributed by atoms with Crippen molar-refractivity contribution in [3.63, 3.8) is 0 Å².